The van der Waals surface area contributed by atoms with Gasteiger partial charge in [-0.05, 0) is 35.9 Å². The van der Waals surface area contributed by atoms with Gasteiger partial charge in [0.2, 0.25) is 10.0 Å². The van der Waals surface area contributed by atoms with Crippen LogP contribution in [0.15, 0.2) is 40.6 Å². The number of carbonyl (C=O) groups is 1. The van der Waals surface area contributed by atoms with Crippen molar-refractivity contribution in [1.82, 2.24) is 9.21 Å². The fourth-order valence-electron chi connectivity index (χ4n) is 3.73. The van der Waals surface area contributed by atoms with Crippen LogP contribution in [0.1, 0.15) is 28.1 Å². The Labute approximate surface area is 164 Å². The van der Waals surface area contributed by atoms with E-state index in [1.54, 1.807) is 16.3 Å². The summed E-state index contributed by atoms with van der Waals surface area (Å²) in [6, 6.07) is 9.61. The largest absolute Gasteiger partial charge is 0.373 e. The summed E-state index contributed by atoms with van der Waals surface area (Å²) in [6.45, 7) is 2.83. The summed E-state index contributed by atoms with van der Waals surface area (Å²) in [6.07, 6.45) is 1.75. The summed E-state index contributed by atoms with van der Waals surface area (Å²) >= 11 is 1.22. The van der Waals surface area contributed by atoms with E-state index < -0.39 is 10.0 Å². The number of anilines is 1. The molecule has 0 radical (unpaired) electrons. The van der Waals surface area contributed by atoms with Gasteiger partial charge in [0.15, 0.2) is 0 Å². The van der Waals surface area contributed by atoms with E-state index in [0.717, 1.165) is 24.1 Å². The first-order chi connectivity index (χ1) is 13.0. The summed E-state index contributed by atoms with van der Waals surface area (Å²) in [5, 5.41) is 1.70. The number of carbonyl (C=O) groups excluding carboxylic acids is 1. The summed E-state index contributed by atoms with van der Waals surface area (Å²) in [7, 11) is -1.59. The molecule has 0 aliphatic carbocycles. The van der Waals surface area contributed by atoms with Gasteiger partial charge in [0.05, 0.1) is 0 Å². The topological polar surface area (TPSA) is 60.9 Å². The summed E-state index contributed by atoms with van der Waals surface area (Å²) < 4.78 is 27.4. The predicted octanol–water partition coefficient (Wildman–Crippen LogP) is 2.62. The Balaban J connectivity index is 1.64. The minimum atomic E-state index is -3.60. The highest BCUT2D eigenvalue weighted by molar-refractivity contribution is 7.89. The number of rotatable bonds is 3. The van der Waals surface area contributed by atoms with Crippen LogP contribution < -0.4 is 4.90 Å². The molecule has 2 aliphatic rings. The van der Waals surface area contributed by atoms with Crippen molar-refractivity contribution in [3.8, 4) is 0 Å². The van der Waals surface area contributed by atoms with Crippen LogP contribution in [-0.2, 0) is 16.6 Å². The first-order valence-corrected chi connectivity index (χ1v) is 11.5. The van der Waals surface area contributed by atoms with E-state index in [1.807, 2.05) is 25.2 Å². The van der Waals surface area contributed by atoms with E-state index in [9.17, 15) is 13.2 Å². The van der Waals surface area contributed by atoms with Crippen molar-refractivity contribution < 1.29 is 13.2 Å². The smallest absolute Gasteiger partial charge is 0.265 e. The molecule has 8 heteroatoms. The number of hydrogen-bond acceptors (Lipinski definition) is 5. The van der Waals surface area contributed by atoms with Crippen molar-refractivity contribution >= 4 is 33.0 Å². The molecule has 0 N–H and O–H groups in total. The first kappa shape index (κ1) is 18.5. The monoisotopic (exact) mass is 405 g/mol. The lowest BCUT2D eigenvalue weighted by Gasteiger charge is -2.22. The van der Waals surface area contributed by atoms with Crippen molar-refractivity contribution in [2.75, 3.05) is 38.1 Å². The molecule has 0 saturated carbocycles. The van der Waals surface area contributed by atoms with E-state index in [1.165, 1.54) is 15.6 Å². The number of thiophene rings is 1. The second kappa shape index (κ2) is 7.26. The zero-order chi connectivity index (χ0) is 19.0. The number of benzene rings is 1. The number of fused-ring (bicyclic) bond motifs is 1. The Morgan fingerprint density at radius 2 is 1.78 bits per heavy atom. The summed E-state index contributed by atoms with van der Waals surface area (Å²) in [4.78, 5) is 17.6. The molecule has 6 nitrogen and oxygen atoms in total. The molecule has 1 saturated heterocycles. The second-order valence-electron chi connectivity index (χ2n) is 7.00. The molecule has 1 aromatic heterocycles. The molecule has 1 aromatic carbocycles. The van der Waals surface area contributed by atoms with Crippen LogP contribution in [0.25, 0.3) is 0 Å². The van der Waals surface area contributed by atoms with Crippen LogP contribution in [0.2, 0.25) is 0 Å². The first-order valence-electron chi connectivity index (χ1n) is 9.14. The van der Waals surface area contributed by atoms with E-state index in [4.69, 9.17) is 0 Å². The molecule has 0 atom stereocenters. The molecule has 0 unspecified atom stereocenters. The van der Waals surface area contributed by atoms with Gasteiger partial charge in [0.1, 0.15) is 9.77 Å². The minimum Gasteiger partial charge on any atom is -0.373 e. The van der Waals surface area contributed by atoms with Gasteiger partial charge in [0.25, 0.3) is 5.91 Å². The van der Waals surface area contributed by atoms with Crippen molar-refractivity contribution in [2.24, 2.45) is 0 Å². The zero-order valence-corrected chi connectivity index (χ0v) is 16.9. The number of sulfonamides is 1. The van der Waals surface area contributed by atoms with Crippen LogP contribution >= 0.6 is 11.3 Å². The third-order valence-electron chi connectivity index (χ3n) is 5.26. The Hall–Kier alpha value is -1.90. The molecular formula is C19H23N3O3S2. The number of hydrogen-bond donors (Lipinski definition) is 0. The zero-order valence-electron chi connectivity index (χ0n) is 15.3. The Kier molecular flexibility index (Phi) is 4.96. The summed E-state index contributed by atoms with van der Waals surface area (Å²) in [5.41, 5.74) is 2.19. The Morgan fingerprint density at radius 1 is 1.04 bits per heavy atom. The predicted molar refractivity (Wildman–Crippen MR) is 107 cm³/mol. The number of amides is 1. The van der Waals surface area contributed by atoms with Gasteiger partial charge in [-0.3, -0.25) is 4.79 Å². The Bertz CT molecular complexity index is 949. The molecule has 4 rings (SSSR count). The van der Waals surface area contributed by atoms with Gasteiger partial charge >= 0.3 is 0 Å². The average Bonchev–Trinajstić information content (AvgIpc) is 3.34. The SMILES string of the molecule is CN1CCN(C(=O)c2sccc2S(=O)(=O)N2CCCC2)Cc2ccccc21. The standard InChI is InChI=1S/C19H23N3O3S2/c1-20-11-12-21(14-15-6-2-3-7-16(15)20)19(23)18-17(8-13-26-18)27(24,25)22-9-4-5-10-22/h2-3,6-8,13H,4-5,9-12,14H2,1H3. The fourth-order valence-corrected chi connectivity index (χ4v) is 6.61. The number of nitrogens with zero attached hydrogens (tertiary/aromatic N) is 3. The Morgan fingerprint density at radius 3 is 2.56 bits per heavy atom. The van der Waals surface area contributed by atoms with Crippen LogP contribution in [0, 0.1) is 0 Å². The molecule has 1 fully saturated rings. The van der Waals surface area contributed by atoms with E-state index >= 15 is 0 Å². The van der Waals surface area contributed by atoms with Gasteiger partial charge in [-0.1, -0.05) is 18.2 Å². The number of para-hydroxylation sites is 1. The van der Waals surface area contributed by atoms with E-state index in [2.05, 4.69) is 11.0 Å². The van der Waals surface area contributed by atoms with E-state index in [0.29, 0.717) is 37.6 Å². The maximum Gasteiger partial charge on any atom is 0.265 e. The number of likely N-dealkylation sites (N-methyl/N-ethyl adjacent to an activating group) is 1. The van der Waals surface area contributed by atoms with Gasteiger partial charge < -0.3 is 9.80 Å². The molecule has 2 aromatic rings. The van der Waals surface area contributed by atoms with Crippen LogP contribution in [-0.4, -0.2) is 56.8 Å². The van der Waals surface area contributed by atoms with Gasteiger partial charge in [-0.25, -0.2) is 8.42 Å². The molecular weight excluding hydrogens is 382 g/mol. The lowest BCUT2D eigenvalue weighted by Crippen LogP contribution is -2.35. The molecule has 27 heavy (non-hydrogen) atoms. The molecule has 0 bridgehead atoms. The van der Waals surface area contributed by atoms with Crippen LogP contribution in [0.4, 0.5) is 5.69 Å². The molecule has 2 aliphatic heterocycles. The minimum absolute atomic E-state index is 0.158. The highest BCUT2D eigenvalue weighted by atomic mass is 32.2. The van der Waals surface area contributed by atoms with Gasteiger partial charge in [-0.15, -0.1) is 11.3 Å². The molecule has 144 valence electrons. The highest BCUT2D eigenvalue weighted by Gasteiger charge is 2.33. The van der Waals surface area contributed by atoms with Crippen molar-refractivity contribution in [2.45, 2.75) is 24.3 Å². The van der Waals surface area contributed by atoms with E-state index in [-0.39, 0.29) is 10.8 Å². The van der Waals surface area contributed by atoms with Crippen LogP contribution in [0.3, 0.4) is 0 Å². The molecule has 1 amide bonds. The fraction of sp³-hybridized carbons (Fsp3) is 0.421. The molecule has 3 heterocycles. The van der Waals surface area contributed by atoms with Crippen molar-refractivity contribution in [1.29, 1.82) is 0 Å². The van der Waals surface area contributed by atoms with Crippen molar-refractivity contribution in [3.63, 3.8) is 0 Å². The maximum atomic E-state index is 13.2. The second-order valence-corrected chi connectivity index (χ2v) is 9.82. The van der Waals surface area contributed by atoms with Gasteiger partial charge in [-0.2, -0.15) is 4.31 Å². The normalized spacial score (nSPS) is 18.4. The quantitative estimate of drug-likeness (QED) is 0.788. The van der Waals surface area contributed by atoms with Crippen LogP contribution in [0.5, 0.6) is 0 Å². The third-order valence-corrected chi connectivity index (χ3v) is 8.24. The summed E-state index contributed by atoms with van der Waals surface area (Å²) in [5.74, 6) is -0.201. The highest BCUT2D eigenvalue weighted by Crippen LogP contribution is 2.30. The third kappa shape index (κ3) is 3.37. The lowest BCUT2D eigenvalue weighted by molar-refractivity contribution is 0.0753. The average molecular weight is 406 g/mol. The lowest BCUT2D eigenvalue weighted by atomic mass is 10.1. The molecule has 0 spiro atoms. The van der Waals surface area contributed by atoms with Crippen molar-refractivity contribution in [3.05, 3.63) is 46.2 Å². The van der Waals surface area contributed by atoms with Gasteiger partial charge in [0, 0.05) is 45.5 Å². The maximum absolute atomic E-state index is 13.2.